The molecule has 0 heterocycles. The van der Waals surface area contributed by atoms with Crippen molar-refractivity contribution in [3.63, 3.8) is 0 Å². The number of hydrogen-bond acceptors (Lipinski definition) is 6. The molecule has 0 saturated carbocycles. The van der Waals surface area contributed by atoms with Crippen LogP contribution >= 0.6 is 0 Å². The van der Waals surface area contributed by atoms with Crippen molar-refractivity contribution in [3.8, 4) is 11.5 Å². The smallest absolute Gasteiger partial charge is 0.311 e. The molecule has 0 radical (unpaired) electrons. The summed E-state index contributed by atoms with van der Waals surface area (Å²) in [5, 5.41) is 13.9. The first kappa shape index (κ1) is 24.6. The van der Waals surface area contributed by atoms with Gasteiger partial charge in [0.1, 0.15) is 11.8 Å². The van der Waals surface area contributed by atoms with Crippen molar-refractivity contribution in [1.82, 2.24) is 10.2 Å². The normalized spacial score (nSPS) is 11.4. The van der Waals surface area contributed by atoms with E-state index in [4.69, 9.17) is 9.47 Å². The summed E-state index contributed by atoms with van der Waals surface area (Å²) in [6.45, 7) is 6.01. The first-order valence-corrected chi connectivity index (χ1v) is 10.3. The van der Waals surface area contributed by atoms with Gasteiger partial charge < -0.3 is 19.7 Å². The molecule has 2 rings (SSSR count). The number of carbonyl (C=O) groups is 2. The van der Waals surface area contributed by atoms with Crippen LogP contribution in [0.3, 0.4) is 0 Å². The summed E-state index contributed by atoms with van der Waals surface area (Å²) in [5.74, 6) is -0.351. The maximum Gasteiger partial charge on any atom is 0.311 e. The van der Waals surface area contributed by atoms with Gasteiger partial charge in [-0.2, -0.15) is 0 Å². The fraction of sp³-hybridized carbons (Fsp3) is 0.391. The molecule has 32 heavy (non-hydrogen) atoms. The minimum atomic E-state index is -0.704. The Hall–Kier alpha value is -3.62. The highest BCUT2D eigenvalue weighted by Crippen LogP contribution is 2.30. The molecular weight excluding hydrogens is 414 g/mol. The molecule has 2 amide bonds. The lowest BCUT2D eigenvalue weighted by atomic mass is 10.1. The third kappa shape index (κ3) is 6.69. The molecular formula is C23H29N3O6. The van der Waals surface area contributed by atoms with Gasteiger partial charge in [-0.15, -0.1) is 0 Å². The number of aryl methyl sites for hydroxylation is 1. The van der Waals surface area contributed by atoms with Crippen LogP contribution < -0.4 is 14.8 Å². The van der Waals surface area contributed by atoms with Gasteiger partial charge in [0, 0.05) is 25.2 Å². The Bertz CT molecular complexity index is 962. The molecule has 0 unspecified atom stereocenters. The zero-order valence-corrected chi connectivity index (χ0v) is 18.8. The highest BCUT2D eigenvalue weighted by Gasteiger charge is 2.26. The number of rotatable bonds is 11. The number of nitrogens with zero attached hydrogens (tertiary/aromatic N) is 2. The van der Waals surface area contributed by atoms with E-state index in [-0.39, 0.29) is 42.2 Å². The predicted octanol–water partition coefficient (Wildman–Crippen LogP) is 3.23. The topological polar surface area (TPSA) is 111 Å². The quantitative estimate of drug-likeness (QED) is 0.422. The number of ether oxygens (including phenoxy) is 2. The predicted molar refractivity (Wildman–Crippen MR) is 120 cm³/mol. The Balaban J connectivity index is 2.18. The molecule has 0 bridgehead atoms. The van der Waals surface area contributed by atoms with Gasteiger partial charge in [-0.25, -0.2) is 0 Å². The van der Waals surface area contributed by atoms with Crippen LogP contribution in [0.15, 0.2) is 42.5 Å². The lowest BCUT2D eigenvalue weighted by Gasteiger charge is -2.29. The Labute approximate surface area is 187 Å². The van der Waals surface area contributed by atoms with E-state index in [1.165, 1.54) is 30.2 Å². The van der Waals surface area contributed by atoms with Gasteiger partial charge in [-0.1, -0.05) is 36.8 Å². The first-order valence-electron chi connectivity index (χ1n) is 10.3. The summed E-state index contributed by atoms with van der Waals surface area (Å²) in [4.78, 5) is 37.5. The van der Waals surface area contributed by atoms with Crippen molar-refractivity contribution in [2.75, 3.05) is 20.3 Å². The summed E-state index contributed by atoms with van der Waals surface area (Å²) < 4.78 is 10.6. The van der Waals surface area contributed by atoms with Crippen LogP contribution in [0.25, 0.3) is 0 Å². The number of amides is 2. The van der Waals surface area contributed by atoms with E-state index >= 15 is 0 Å². The molecule has 2 aromatic carbocycles. The minimum absolute atomic E-state index is 0.0314. The number of nitro groups is 1. The van der Waals surface area contributed by atoms with E-state index in [2.05, 4.69) is 5.32 Å². The van der Waals surface area contributed by atoms with Crippen molar-refractivity contribution >= 4 is 17.5 Å². The largest absolute Gasteiger partial charge is 0.490 e. The molecule has 1 N–H and O–H groups in total. The monoisotopic (exact) mass is 443 g/mol. The third-order valence-electron chi connectivity index (χ3n) is 4.86. The number of nitrogens with one attached hydrogen (secondary N) is 1. The molecule has 172 valence electrons. The van der Waals surface area contributed by atoms with E-state index < -0.39 is 11.0 Å². The maximum absolute atomic E-state index is 13.0. The number of nitro benzene ring substituents is 1. The lowest BCUT2D eigenvalue weighted by molar-refractivity contribution is -0.385. The van der Waals surface area contributed by atoms with Gasteiger partial charge in [0.2, 0.25) is 11.7 Å². The van der Waals surface area contributed by atoms with Crippen molar-refractivity contribution in [2.45, 2.75) is 39.8 Å². The van der Waals surface area contributed by atoms with Crippen LogP contribution in [0, 0.1) is 17.0 Å². The number of benzene rings is 2. The third-order valence-corrected chi connectivity index (χ3v) is 4.86. The van der Waals surface area contributed by atoms with Crippen LogP contribution in [-0.2, 0) is 16.1 Å². The van der Waals surface area contributed by atoms with Gasteiger partial charge in [-0.3, -0.25) is 19.7 Å². The average Bonchev–Trinajstić information content (AvgIpc) is 2.78. The summed E-state index contributed by atoms with van der Waals surface area (Å²) >= 11 is 0. The number of hydrogen-bond donors (Lipinski definition) is 1. The number of methoxy groups -OCH3 is 1. The molecule has 1 atom stereocenters. The van der Waals surface area contributed by atoms with Crippen LogP contribution in [0.5, 0.6) is 11.5 Å². The van der Waals surface area contributed by atoms with Crippen LogP contribution in [0.4, 0.5) is 5.69 Å². The van der Waals surface area contributed by atoms with Gasteiger partial charge in [0.25, 0.3) is 5.91 Å². The van der Waals surface area contributed by atoms with Crippen LogP contribution in [0.2, 0.25) is 0 Å². The summed E-state index contributed by atoms with van der Waals surface area (Å²) in [7, 11) is 1.32. The fourth-order valence-corrected chi connectivity index (χ4v) is 3.11. The second-order valence-electron chi connectivity index (χ2n) is 7.36. The van der Waals surface area contributed by atoms with Crippen LogP contribution in [0.1, 0.15) is 31.4 Å². The molecule has 9 heteroatoms. The van der Waals surface area contributed by atoms with Gasteiger partial charge >= 0.3 is 5.69 Å². The zero-order chi connectivity index (χ0) is 23.7. The summed E-state index contributed by atoms with van der Waals surface area (Å²) in [5.41, 5.74) is 1.74. The maximum atomic E-state index is 13.0. The summed E-state index contributed by atoms with van der Waals surface area (Å²) in [6, 6.07) is 11.0. The zero-order valence-electron chi connectivity index (χ0n) is 18.8. The highest BCUT2D eigenvalue weighted by atomic mass is 16.6. The highest BCUT2D eigenvalue weighted by molar-refractivity contribution is 5.88. The fourth-order valence-electron chi connectivity index (χ4n) is 3.11. The number of carbonyl (C=O) groups excluding carboxylic acids is 2. The van der Waals surface area contributed by atoms with Crippen molar-refractivity contribution in [2.24, 2.45) is 0 Å². The second kappa shape index (κ2) is 11.7. The van der Waals surface area contributed by atoms with E-state index in [0.29, 0.717) is 6.54 Å². The van der Waals surface area contributed by atoms with Gasteiger partial charge in [0.15, 0.2) is 6.61 Å². The van der Waals surface area contributed by atoms with Crippen molar-refractivity contribution in [3.05, 3.63) is 63.7 Å². The Morgan fingerprint density at radius 1 is 1.22 bits per heavy atom. The van der Waals surface area contributed by atoms with E-state index in [9.17, 15) is 19.7 Å². The minimum Gasteiger partial charge on any atom is -0.490 e. The molecule has 0 spiro atoms. The van der Waals surface area contributed by atoms with Crippen molar-refractivity contribution in [1.29, 1.82) is 0 Å². The Morgan fingerprint density at radius 2 is 1.97 bits per heavy atom. The van der Waals surface area contributed by atoms with E-state index in [0.717, 1.165) is 17.5 Å². The molecule has 2 aromatic rings. The molecule has 0 aliphatic rings. The van der Waals surface area contributed by atoms with Gasteiger partial charge in [-0.05, 0) is 31.9 Å². The Kier molecular flexibility index (Phi) is 9.00. The molecule has 0 aliphatic heterocycles. The van der Waals surface area contributed by atoms with E-state index in [1.54, 1.807) is 6.92 Å². The van der Waals surface area contributed by atoms with Crippen molar-refractivity contribution < 1.29 is 24.0 Å². The Morgan fingerprint density at radius 3 is 2.59 bits per heavy atom. The first-order chi connectivity index (χ1) is 15.3. The molecule has 0 fully saturated rings. The molecule has 9 nitrogen and oxygen atoms in total. The average molecular weight is 444 g/mol. The molecule has 0 aliphatic carbocycles. The summed E-state index contributed by atoms with van der Waals surface area (Å²) in [6.07, 6.45) is 0.787. The standard InChI is InChI=1S/C23H29N3O6/c1-5-11-24-23(28)17(3)25(14-18-8-6-7-16(2)12-18)22(27)15-32-19-9-10-20(26(29)30)21(13-19)31-4/h6-10,12-13,17H,5,11,14-15H2,1-4H3,(H,24,28)/t17-/m1/s1. The second-order valence-corrected chi connectivity index (χ2v) is 7.36. The van der Waals surface area contributed by atoms with Crippen LogP contribution in [-0.4, -0.2) is 47.9 Å². The molecule has 0 aromatic heterocycles. The van der Waals surface area contributed by atoms with E-state index in [1.807, 2.05) is 38.1 Å². The molecule has 0 saturated heterocycles. The SMILES string of the molecule is CCCNC(=O)[C@@H](C)N(Cc1cccc(C)c1)C(=O)COc1ccc([N+](=O)[O-])c(OC)c1. The van der Waals surface area contributed by atoms with Gasteiger partial charge in [0.05, 0.1) is 12.0 Å². The lowest BCUT2D eigenvalue weighted by Crippen LogP contribution is -2.49.